The second kappa shape index (κ2) is 7.35. The van der Waals surface area contributed by atoms with Crippen LogP contribution in [0.2, 0.25) is 0 Å². The third-order valence-corrected chi connectivity index (χ3v) is 9.61. The van der Waals surface area contributed by atoms with Gasteiger partial charge in [-0.3, -0.25) is 0 Å². The van der Waals surface area contributed by atoms with Gasteiger partial charge in [0.25, 0.3) is 0 Å². The third kappa shape index (κ3) is 3.38. The molecule has 0 aliphatic rings. The van der Waals surface area contributed by atoms with Crippen molar-refractivity contribution in [1.82, 2.24) is 0 Å². The molecular weight excluding hydrogens is 450 g/mol. The van der Waals surface area contributed by atoms with Crippen LogP contribution in [0.25, 0.3) is 28.9 Å². The van der Waals surface area contributed by atoms with Crippen molar-refractivity contribution in [3.8, 4) is 41.0 Å². The molecule has 0 aliphatic heterocycles. The maximum atomic E-state index is 8.93. The third-order valence-electron chi connectivity index (χ3n) is 4.05. The Balaban J connectivity index is 1.61. The minimum atomic E-state index is 0.301. The van der Waals surface area contributed by atoms with Gasteiger partial charge >= 0.3 is 164 Å². The topological polar surface area (TPSA) is 47.6 Å². The molecule has 2 aromatic carbocycles. The molecule has 0 amide bonds. The van der Waals surface area contributed by atoms with Crippen molar-refractivity contribution in [3.05, 3.63) is 83.9 Å². The van der Waals surface area contributed by atoms with E-state index in [1.54, 1.807) is 0 Å². The van der Waals surface area contributed by atoms with Crippen molar-refractivity contribution in [2.75, 3.05) is 0 Å². The number of rotatable bonds is 3. The monoisotopic (exact) mass is 464 g/mol. The first-order valence-electron chi connectivity index (χ1n) is 7.98. The van der Waals surface area contributed by atoms with Crippen molar-refractivity contribution >= 4 is 29.0 Å². The predicted octanol–water partition coefficient (Wildman–Crippen LogP) is 4.54. The van der Waals surface area contributed by atoms with Crippen LogP contribution >= 0.6 is 0 Å². The van der Waals surface area contributed by atoms with Crippen molar-refractivity contribution < 1.29 is 0 Å². The molecule has 4 rings (SSSR count). The Labute approximate surface area is 164 Å². The Morgan fingerprint density at radius 1 is 0.462 bits per heavy atom. The molecule has 0 unspecified atom stereocenters. The van der Waals surface area contributed by atoms with Gasteiger partial charge in [-0.05, 0) is 0 Å². The average molecular weight is 462 g/mol. The fourth-order valence-corrected chi connectivity index (χ4v) is 7.49. The first-order chi connectivity index (χ1) is 12.8. The summed E-state index contributed by atoms with van der Waals surface area (Å²) in [5, 5.41) is 17.9. The molecule has 0 saturated heterocycles. The molecule has 0 N–H and O–H groups in total. The van der Waals surface area contributed by atoms with Crippen LogP contribution in [0.1, 0.15) is 11.1 Å². The van der Waals surface area contributed by atoms with Gasteiger partial charge in [-0.1, -0.05) is 0 Å². The molecule has 0 saturated carbocycles. The van der Waals surface area contributed by atoms with Crippen LogP contribution in [0.5, 0.6) is 0 Å². The van der Waals surface area contributed by atoms with Gasteiger partial charge in [0, 0.05) is 0 Å². The summed E-state index contributed by atoms with van der Waals surface area (Å²) in [5.74, 6) is 0. The van der Waals surface area contributed by atoms with E-state index in [-0.39, 0.29) is 0 Å². The number of hydrogen-bond donors (Lipinski definition) is 0. The zero-order valence-corrected chi connectivity index (χ0v) is 17.1. The molecule has 2 nitrogen and oxygen atoms in total. The number of benzene rings is 2. The van der Waals surface area contributed by atoms with Crippen molar-refractivity contribution in [3.63, 3.8) is 0 Å². The molecular formula is C22H12N2Se2. The van der Waals surface area contributed by atoms with Crippen molar-refractivity contribution in [1.29, 1.82) is 10.5 Å². The number of nitriles is 2. The van der Waals surface area contributed by atoms with Crippen LogP contribution in [0.3, 0.4) is 0 Å². The number of hydrogen-bond acceptors (Lipinski definition) is 2. The van der Waals surface area contributed by atoms with Gasteiger partial charge in [0.1, 0.15) is 0 Å². The summed E-state index contributed by atoms with van der Waals surface area (Å²) in [7, 11) is 0. The molecule has 0 spiro atoms. The SMILES string of the molecule is N#Cc1ccc(-c2ccc(-c3ccc(-c4ccc(C#N)cc4)[se]3)[se]2)cc1. The molecule has 0 fully saturated rings. The summed E-state index contributed by atoms with van der Waals surface area (Å²) in [5.41, 5.74) is 3.82. The van der Waals surface area contributed by atoms with Gasteiger partial charge in [0.2, 0.25) is 0 Å². The molecule has 0 bridgehead atoms. The zero-order valence-electron chi connectivity index (χ0n) is 13.6. The first kappa shape index (κ1) is 16.9. The van der Waals surface area contributed by atoms with Crippen LogP contribution in [0.15, 0.2) is 72.8 Å². The molecule has 4 aromatic rings. The van der Waals surface area contributed by atoms with Crippen LogP contribution in [-0.4, -0.2) is 29.0 Å². The molecule has 0 aliphatic carbocycles. The van der Waals surface area contributed by atoms with Gasteiger partial charge in [0.05, 0.1) is 0 Å². The van der Waals surface area contributed by atoms with Gasteiger partial charge in [-0.15, -0.1) is 0 Å². The summed E-state index contributed by atoms with van der Waals surface area (Å²) in [6.45, 7) is 0. The van der Waals surface area contributed by atoms with E-state index >= 15 is 0 Å². The van der Waals surface area contributed by atoms with E-state index in [1.807, 2.05) is 48.5 Å². The fourth-order valence-electron chi connectivity index (χ4n) is 2.67. The van der Waals surface area contributed by atoms with Gasteiger partial charge in [-0.2, -0.15) is 0 Å². The van der Waals surface area contributed by atoms with Gasteiger partial charge in [0.15, 0.2) is 0 Å². The van der Waals surface area contributed by atoms with Crippen LogP contribution in [0, 0.1) is 22.7 Å². The Hall–Kier alpha value is -2.58. The second-order valence-electron chi connectivity index (χ2n) is 5.71. The maximum absolute atomic E-state index is 8.93. The Bertz CT molecular complexity index is 1040. The van der Waals surface area contributed by atoms with Crippen LogP contribution in [-0.2, 0) is 0 Å². The van der Waals surface area contributed by atoms with Gasteiger partial charge in [-0.25, -0.2) is 0 Å². The van der Waals surface area contributed by atoms with E-state index < -0.39 is 0 Å². The van der Waals surface area contributed by atoms with Crippen molar-refractivity contribution in [2.45, 2.75) is 0 Å². The Morgan fingerprint density at radius 2 is 0.808 bits per heavy atom. The average Bonchev–Trinajstić information content (AvgIpc) is 3.38. The standard InChI is InChI=1S/C22H12N2Se2/c23-13-15-1-5-17(6-2-15)19-9-11-21(25-19)22-12-10-20(26-22)18-7-3-16(14-24)4-8-18/h1-12H. The molecule has 0 radical (unpaired) electrons. The second-order valence-corrected chi connectivity index (χ2v) is 10.3. The summed E-state index contributed by atoms with van der Waals surface area (Å²) in [4.78, 5) is 0. The van der Waals surface area contributed by atoms with E-state index in [9.17, 15) is 0 Å². The predicted molar refractivity (Wildman–Crippen MR) is 106 cm³/mol. The first-order valence-corrected chi connectivity index (χ1v) is 11.4. The molecule has 2 aromatic heterocycles. The Morgan fingerprint density at radius 3 is 1.15 bits per heavy atom. The minimum absolute atomic E-state index is 0.301. The quantitative estimate of drug-likeness (QED) is 0.420. The van der Waals surface area contributed by atoms with Gasteiger partial charge < -0.3 is 0 Å². The molecule has 26 heavy (non-hydrogen) atoms. The molecule has 0 atom stereocenters. The van der Waals surface area contributed by atoms with E-state index in [0.717, 1.165) is 0 Å². The summed E-state index contributed by atoms with van der Waals surface area (Å²) >= 11 is 0.603. The Kier molecular flexibility index (Phi) is 4.76. The van der Waals surface area contributed by atoms with E-state index in [4.69, 9.17) is 10.5 Å². The molecule has 4 heteroatoms. The summed E-state index contributed by atoms with van der Waals surface area (Å²) in [6.07, 6.45) is 0. The molecule has 122 valence electrons. The van der Waals surface area contributed by atoms with E-state index in [1.165, 1.54) is 28.9 Å². The summed E-state index contributed by atoms with van der Waals surface area (Å²) in [6, 6.07) is 28.9. The van der Waals surface area contributed by atoms with Crippen LogP contribution in [0.4, 0.5) is 0 Å². The summed E-state index contributed by atoms with van der Waals surface area (Å²) < 4.78 is 5.61. The zero-order chi connectivity index (χ0) is 17.9. The normalized spacial score (nSPS) is 10.2. The number of nitrogens with zero attached hydrogens (tertiary/aromatic N) is 2. The fraction of sp³-hybridized carbons (Fsp3) is 0. The molecule has 2 heterocycles. The van der Waals surface area contributed by atoms with E-state index in [2.05, 4.69) is 36.4 Å². The van der Waals surface area contributed by atoms with Crippen LogP contribution < -0.4 is 0 Å². The van der Waals surface area contributed by atoms with Crippen molar-refractivity contribution in [2.24, 2.45) is 0 Å². The van der Waals surface area contributed by atoms with E-state index in [0.29, 0.717) is 40.1 Å².